The fraction of sp³-hybridized carbons (Fsp3) is 0.400. The molecule has 11 heavy (non-hydrogen) atoms. The highest BCUT2D eigenvalue weighted by molar-refractivity contribution is 9.09. The summed E-state index contributed by atoms with van der Waals surface area (Å²) < 4.78 is 0. The van der Waals surface area contributed by atoms with Gasteiger partial charge in [-0.25, -0.2) is 0 Å². The molecule has 1 rings (SSSR count). The molecular formula is C10H13Br. The Morgan fingerprint density at radius 3 is 2.55 bits per heavy atom. The van der Waals surface area contributed by atoms with E-state index in [9.17, 15) is 0 Å². The summed E-state index contributed by atoms with van der Waals surface area (Å²) in [5, 5.41) is 0. The van der Waals surface area contributed by atoms with Crippen LogP contribution < -0.4 is 0 Å². The lowest BCUT2D eigenvalue weighted by atomic mass is 10.1. The quantitative estimate of drug-likeness (QED) is 0.661. The van der Waals surface area contributed by atoms with E-state index in [1.165, 1.54) is 11.1 Å². The Morgan fingerprint density at radius 1 is 1.36 bits per heavy atom. The fourth-order valence-corrected chi connectivity index (χ4v) is 1.49. The van der Waals surface area contributed by atoms with Gasteiger partial charge in [0.15, 0.2) is 0 Å². The minimum absolute atomic E-state index is 0.573. The standard InChI is InChI=1S/C10H13Br/c1-8-5-3-4-6-10(8)7-9(2)11/h3-6,9H,7H2,1-2H3. The molecule has 1 aromatic carbocycles. The Balaban J connectivity index is 2.78. The van der Waals surface area contributed by atoms with Gasteiger partial charge in [-0.3, -0.25) is 0 Å². The van der Waals surface area contributed by atoms with Crippen LogP contribution in [0.4, 0.5) is 0 Å². The second-order valence-corrected chi connectivity index (χ2v) is 4.47. The topological polar surface area (TPSA) is 0 Å². The third-order valence-electron chi connectivity index (χ3n) is 1.76. The van der Waals surface area contributed by atoms with Gasteiger partial charge < -0.3 is 0 Å². The van der Waals surface area contributed by atoms with Gasteiger partial charge in [0.25, 0.3) is 0 Å². The van der Waals surface area contributed by atoms with Gasteiger partial charge in [0, 0.05) is 4.83 Å². The second kappa shape index (κ2) is 3.91. The molecule has 0 radical (unpaired) electrons. The van der Waals surface area contributed by atoms with Crippen molar-refractivity contribution in [3.05, 3.63) is 35.4 Å². The molecule has 0 aliphatic carbocycles. The highest BCUT2D eigenvalue weighted by Gasteiger charge is 2.00. The molecule has 0 saturated heterocycles. The van der Waals surface area contributed by atoms with Gasteiger partial charge in [0.2, 0.25) is 0 Å². The number of rotatable bonds is 2. The van der Waals surface area contributed by atoms with E-state index in [2.05, 4.69) is 54.0 Å². The van der Waals surface area contributed by atoms with Crippen molar-refractivity contribution in [3.8, 4) is 0 Å². The molecule has 0 fully saturated rings. The molecule has 0 heterocycles. The lowest BCUT2D eigenvalue weighted by Gasteiger charge is -2.05. The molecule has 1 heteroatoms. The molecule has 0 aliphatic heterocycles. The number of hydrogen-bond donors (Lipinski definition) is 0. The van der Waals surface area contributed by atoms with Crippen LogP contribution in [0.5, 0.6) is 0 Å². The molecule has 0 saturated carbocycles. The predicted octanol–water partition coefficient (Wildman–Crippen LogP) is 3.32. The van der Waals surface area contributed by atoms with E-state index in [4.69, 9.17) is 0 Å². The Morgan fingerprint density at radius 2 is 2.00 bits per heavy atom. The maximum absolute atomic E-state index is 3.55. The molecule has 1 aromatic rings. The van der Waals surface area contributed by atoms with Crippen molar-refractivity contribution in [3.63, 3.8) is 0 Å². The number of hydrogen-bond acceptors (Lipinski definition) is 0. The third kappa shape index (κ3) is 2.66. The van der Waals surface area contributed by atoms with Crippen LogP contribution in [-0.4, -0.2) is 4.83 Å². The first-order valence-corrected chi connectivity index (χ1v) is 4.80. The van der Waals surface area contributed by atoms with Crippen molar-refractivity contribution >= 4 is 15.9 Å². The van der Waals surface area contributed by atoms with Crippen LogP contribution in [0.1, 0.15) is 18.1 Å². The summed E-state index contributed by atoms with van der Waals surface area (Å²) in [7, 11) is 0. The fourth-order valence-electron chi connectivity index (χ4n) is 1.14. The van der Waals surface area contributed by atoms with Crippen LogP contribution in [0.15, 0.2) is 24.3 Å². The Labute approximate surface area is 76.8 Å². The monoisotopic (exact) mass is 212 g/mol. The van der Waals surface area contributed by atoms with Gasteiger partial charge in [0.1, 0.15) is 0 Å². The van der Waals surface area contributed by atoms with Crippen LogP contribution >= 0.6 is 15.9 Å². The zero-order valence-corrected chi connectivity index (χ0v) is 8.56. The van der Waals surface area contributed by atoms with E-state index in [0.717, 1.165) is 6.42 Å². The van der Waals surface area contributed by atoms with Crippen LogP contribution in [0.2, 0.25) is 0 Å². The zero-order chi connectivity index (χ0) is 8.27. The van der Waals surface area contributed by atoms with Gasteiger partial charge in [-0.1, -0.05) is 47.1 Å². The van der Waals surface area contributed by atoms with Crippen molar-refractivity contribution in [1.82, 2.24) is 0 Å². The maximum atomic E-state index is 3.55. The van der Waals surface area contributed by atoms with Crippen molar-refractivity contribution in [2.24, 2.45) is 0 Å². The summed E-state index contributed by atoms with van der Waals surface area (Å²) in [5.41, 5.74) is 2.83. The molecule has 60 valence electrons. The normalized spacial score (nSPS) is 13.0. The number of aryl methyl sites for hydroxylation is 1. The smallest absolute Gasteiger partial charge is 0.0158 e. The Bertz CT molecular complexity index is 228. The lowest BCUT2D eigenvalue weighted by molar-refractivity contribution is 0.949. The SMILES string of the molecule is Cc1ccccc1CC(C)Br. The molecule has 0 spiro atoms. The summed E-state index contributed by atoms with van der Waals surface area (Å²) in [6, 6.07) is 8.52. The maximum Gasteiger partial charge on any atom is 0.0158 e. The second-order valence-electron chi connectivity index (χ2n) is 2.91. The first-order valence-electron chi connectivity index (χ1n) is 3.88. The summed E-state index contributed by atoms with van der Waals surface area (Å²) in [5.74, 6) is 0. The number of alkyl halides is 1. The van der Waals surface area contributed by atoms with E-state index in [1.54, 1.807) is 0 Å². The zero-order valence-electron chi connectivity index (χ0n) is 6.97. The summed E-state index contributed by atoms with van der Waals surface area (Å²) in [6.07, 6.45) is 1.12. The van der Waals surface area contributed by atoms with Gasteiger partial charge >= 0.3 is 0 Å². The Kier molecular flexibility index (Phi) is 3.13. The molecule has 1 unspecified atom stereocenters. The number of benzene rings is 1. The highest BCUT2D eigenvalue weighted by Crippen LogP contribution is 2.12. The average molecular weight is 213 g/mol. The molecular weight excluding hydrogens is 200 g/mol. The van der Waals surface area contributed by atoms with Crippen LogP contribution in [0, 0.1) is 6.92 Å². The highest BCUT2D eigenvalue weighted by atomic mass is 79.9. The van der Waals surface area contributed by atoms with Gasteiger partial charge in [0.05, 0.1) is 0 Å². The summed E-state index contributed by atoms with van der Waals surface area (Å²) in [4.78, 5) is 0.573. The van der Waals surface area contributed by atoms with E-state index >= 15 is 0 Å². The molecule has 0 bridgehead atoms. The van der Waals surface area contributed by atoms with E-state index < -0.39 is 0 Å². The van der Waals surface area contributed by atoms with E-state index in [1.807, 2.05) is 0 Å². The summed E-state index contributed by atoms with van der Waals surface area (Å²) in [6.45, 7) is 4.33. The van der Waals surface area contributed by atoms with Crippen molar-refractivity contribution in [2.75, 3.05) is 0 Å². The largest absolute Gasteiger partial charge is 0.0890 e. The molecule has 0 N–H and O–H groups in total. The van der Waals surface area contributed by atoms with Gasteiger partial charge in [-0.2, -0.15) is 0 Å². The minimum Gasteiger partial charge on any atom is -0.0890 e. The van der Waals surface area contributed by atoms with Crippen molar-refractivity contribution in [2.45, 2.75) is 25.1 Å². The van der Waals surface area contributed by atoms with Crippen LogP contribution in [-0.2, 0) is 6.42 Å². The average Bonchev–Trinajstić information content (AvgIpc) is 1.93. The first-order chi connectivity index (χ1) is 5.20. The molecule has 0 aromatic heterocycles. The first kappa shape index (κ1) is 8.79. The Hall–Kier alpha value is -0.300. The van der Waals surface area contributed by atoms with Crippen LogP contribution in [0.3, 0.4) is 0 Å². The van der Waals surface area contributed by atoms with Crippen molar-refractivity contribution < 1.29 is 0 Å². The molecule has 0 aliphatic rings. The number of halogens is 1. The third-order valence-corrected chi connectivity index (χ3v) is 2.09. The summed E-state index contributed by atoms with van der Waals surface area (Å²) >= 11 is 3.55. The van der Waals surface area contributed by atoms with Gasteiger partial charge in [-0.15, -0.1) is 0 Å². The van der Waals surface area contributed by atoms with Crippen LogP contribution in [0.25, 0.3) is 0 Å². The molecule has 1 atom stereocenters. The molecule has 0 amide bonds. The van der Waals surface area contributed by atoms with Crippen molar-refractivity contribution in [1.29, 1.82) is 0 Å². The molecule has 0 nitrogen and oxygen atoms in total. The minimum atomic E-state index is 0.573. The van der Waals surface area contributed by atoms with E-state index in [0.29, 0.717) is 4.83 Å². The predicted molar refractivity (Wildman–Crippen MR) is 53.3 cm³/mol. The van der Waals surface area contributed by atoms with Gasteiger partial charge in [-0.05, 0) is 24.5 Å². The lowest BCUT2D eigenvalue weighted by Crippen LogP contribution is -1.97. The van der Waals surface area contributed by atoms with E-state index in [-0.39, 0.29) is 0 Å².